The Morgan fingerprint density at radius 2 is 1.76 bits per heavy atom. The molecular formula is C13H9Br2ClO. The van der Waals surface area contributed by atoms with Gasteiger partial charge in [-0.15, -0.1) is 0 Å². The molecular weight excluding hydrogens is 367 g/mol. The van der Waals surface area contributed by atoms with Crippen LogP contribution in [0.15, 0.2) is 51.4 Å². The molecule has 0 fully saturated rings. The number of hydrogen-bond donors (Lipinski definition) is 0. The first kappa shape index (κ1) is 12.9. The molecule has 0 spiro atoms. The van der Waals surface area contributed by atoms with Crippen molar-refractivity contribution in [2.75, 3.05) is 0 Å². The van der Waals surface area contributed by atoms with E-state index in [1.54, 1.807) is 0 Å². The molecule has 0 radical (unpaired) electrons. The van der Waals surface area contributed by atoms with Gasteiger partial charge in [-0.2, -0.15) is 0 Å². The second kappa shape index (κ2) is 5.89. The van der Waals surface area contributed by atoms with Gasteiger partial charge >= 0.3 is 0 Å². The summed E-state index contributed by atoms with van der Waals surface area (Å²) in [5.74, 6) is 0.690. The van der Waals surface area contributed by atoms with Crippen LogP contribution in [0.2, 0.25) is 5.02 Å². The minimum atomic E-state index is 0.501. The maximum absolute atomic E-state index is 6.06. The molecule has 2 aromatic rings. The van der Waals surface area contributed by atoms with Gasteiger partial charge in [0, 0.05) is 8.95 Å². The third-order valence-electron chi connectivity index (χ3n) is 2.18. The molecule has 0 heterocycles. The normalized spacial score (nSPS) is 10.3. The van der Waals surface area contributed by atoms with Crippen LogP contribution in [0.3, 0.4) is 0 Å². The third-order valence-corrected chi connectivity index (χ3v) is 3.46. The molecule has 1 nitrogen and oxygen atoms in total. The summed E-state index contributed by atoms with van der Waals surface area (Å²) in [4.78, 5) is 0. The lowest BCUT2D eigenvalue weighted by atomic mass is 10.2. The zero-order valence-corrected chi connectivity index (χ0v) is 12.7. The van der Waals surface area contributed by atoms with Gasteiger partial charge in [0.1, 0.15) is 12.4 Å². The quantitative estimate of drug-likeness (QED) is 0.693. The van der Waals surface area contributed by atoms with E-state index in [0.717, 1.165) is 14.5 Å². The van der Waals surface area contributed by atoms with Gasteiger partial charge in [-0.3, -0.25) is 0 Å². The molecule has 0 N–H and O–H groups in total. The molecule has 2 aromatic carbocycles. The molecule has 0 bridgehead atoms. The van der Waals surface area contributed by atoms with Crippen LogP contribution < -0.4 is 4.74 Å². The van der Waals surface area contributed by atoms with Crippen molar-refractivity contribution in [3.63, 3.8) is 0 Å². The van der Waals surface area contributed by atoms with Crippen molar-refractivity contribution in [1.29, 1.82) is 0 Å². The van der Waals surface area contributed by atoms with E-state index in [9.17, 15) is 0 Å². The third kappa shape index (κ3) is 3.73. The fourth-order valence-corrected chi connectivity index (χ4v) is 2.55. The van der Waals surface area contributed by atoms with Gasteiger partial charge in [0.15, 0.2) is 0 Å². The Hall–Kier alpha value is -0.510. The van der Waals surface area contributed by atoms with Gasteiger partial charge in [-0.1, -0.05) is 55.6 Å². The van der Waals surface area contributed by atoms with Gasteiger partial charge in [0.25, 0.3) is 0 Å². The van der Waals surface area contributed by atoms with Crippen molar-refractivity contribution in [3.8, 4) is 5.75 Å². The first-order chi connectivity index (χ1) is 8.15. The van der Waals surface area contributed by atoms with Crippen LogP contribution in [-0.4, -0.2) is 0 Å². The molecule has 17 heavy (non-hydrogen) atoms. The summed E-state index contributed by atoms with van der Waals surface area (Å²) in [6.07, 6.45) is 0. The van der Waals surface area contributed by atoms with Crippen LogP contribution in [0.25, 0.3) is 0 Å². The molecule has 0 aliphatic heterocycles. The Balaban J connectivity index is 2.07. The zero-order valence-electron chi connectivity index (χ0n) is 8.79. The highest BCUT2D eigenvalue weighted by atomic mass is 79.9. The number of rotatable bonds is 3. The van der Waals surface area contributed by atoms with Crippen molar-refractivity contribution in [3.05, 3.63) is 62.0 Å². The molecule has 0 saturated heterocycles. The molecule has 0 aliphatic carbocycles. The van der Waals surface area contributed by atoms with E-state index in [-0.39, 0.29) is 0 Å². The molecule has 4 heteroatoms. The van der Waals surface area contributed by atoms with Crippen LogP contribution in [0.5, 0.6) is 5.75 Å². The minimum Gasteiger partial charge on any atom is -0.487 e. The van der Waals surface area contributed by atoms with E-state index in [4.69, 9.17) is 16.3 Å². The van der Waals surface area contributed by atoms with Crippen molar-refractivity contribution < 1.29 is 4.74 Å². The topological polar surface area (TPSA) is 9.23 Å². The smallest absolute Gasteiger partial charge is 0.138 e. The van der Waals surface area contributed by atoms with E-state index in [1.165, 1.54) is 0 Å². The Bertz CT molecular complexity index is 529. The average Bonchev–Trinajstić information content (AvgIpc) is 2.28. The predicted molar refractivity (Wildman–Crippen MR) is 77.6 cm³/mol. The first-order valence-electron chi connectivity index (χ1n) is 4.97. The van der Waals surface area contributed by atoms with Crippen LogP contribution in [0.4, 0.5) is 0 Å². The molecule has 0 saturated carbocycles. The zero-order chi connectivity index (χ0) is 12.3. The Labute approximate surface area is 122 Å². The number of hydrogen-bond acceptors (Lipinski definition) is 1. The van der Waals surface area contributed by atoms with E-state index in [0.29, 0.717) is 17.4 Å². The molecule has 0 aromatic heterocycles. The second-order valence-corrected chi connectivity index (χ2v) is 5.73. The van der Waals surface area contributed by atoms with Crippen molar-refractivity contribution >= 4 is 43.5 Å². The SMILES string of the molecule is Clc1cc(Br)ccc1OCc1cccc(Br)c1. The van der Waals surface area contributed by atoms with E-state index < -0.39 is 0 Å². The van der Waals surface area contributed by atoms with Gasteiger partial charge in [0.2, 0.25) is 0 Å². The van der Waals surface area contributed by atoms with Crippen molar-refractivity contribution in [2.45, 2.75) is 6.61 Å². The summed E-state index contributed by atoms with van der Waals surface area (Å²) in [5, 5.41) is 0.606. The summed E-state index contributed by atoms with van der Waals surface area (Å²) >= 11 is 12.8. The summed E-state index contributed by atoms with van der Waals surface area (Å²) in [7, 11) is 0. The number of halogens is 3. The number of ether oxygens (including phenoxy) is 1. The Morgan fingerprint density at radius 1 is 1.00 bits per heavy atom. The molecule has 0 aliphatic rings. The van der Waals surface area contributed by atoms with Gasteiger partial charge in [0.05, 0.1) is 5.02 Å². The van der Waals surface area contributed by atoms with E-state index in [2.05, 4.69) is 31.9 Å². The van der Waals surface area contributed by atoms with E-state index >= 15 is 0 Å². The number of benzene rings is 2. The summed E-state index contributed by atoms with van der Waals surface area (Å²) in [6.45, 7) is 0.501. The lowest BCUT2D eigenvalue weighted by Crippen LogP contribution is -1.95. The highest BCUT2D eigenvalue weighted by Crippen LogP contribution is 2.28. The lowest BCUT2D eigenvalue weighted by molar-refractivity contribution is 0.306. The highest BCUT2D eigenvalue weighted by Gasteiger charge is 2.02. The predicted octanol–water partition coefficient (Wildman–Crippen LogP) is 5.44. The van der Waals surface area contributed by atoms with Gasteiger partial charge in [-0.05, 0) is 35.9 Å². The van der Waals surface area contributed by atoms with Crippen molar-refractivity contribution in [1.82, 2.24) is 0 Å². The molecule has 0 amide bonds. The maximum Gasteiger partial charge on any atom is 0.138 e. The summed E-state index contributed by atoms with van der Waals surface area (Å²) in [5.41, 5.74) is 1.10. The largest absolute Gasteiger partial charge is 0.487 e. The summed E-state index contributed by atoms with van der Waals surface area (Å²) in [6, 6.07) is 13.6. The average molecular weight is 376 g/mol. The standard InChI is InChI=1S/C13H9Br2ClO/c14-10-3-1-2-9(6-10)8-17-13-5-4-11(15)7-12(13)16/h1-7H,8H2. The fourth-order valence-electron chi connectivity index (χ4n) is 1.38. The van der Waals surface area contributed by atoms with Gasteiger partial charge in [-0.25, -0.2) is 0 Å². The van der Waals surface area contributed by atoms with Crippen LogP contribution >= 0.6 is 43.5 Å². The Kier molecular flexibility index (Phi) is 4.48. The minimum absolute atomic E-state index is 0.501. The highest BCUT2D eigenvalue weighted by molar-refractivity contribution is 9.10. The van der Waals surface area contributed by atoms with E-state index in [1.807, 2.05) is 42.5 Å². The van der Waals surface area contributed by atoms with Crippen LogP contribution in [0, 0.1) is 0 Å². The maximum atomic E-state index is 6.06. The summed E-state index contributed by atoms with van der Waals surface area (Å²) < 4.78 is 7.64. The molecule has 2 rings (SSSR count). The monoisotopic (exact) mass is 374 g/mol. The van der Waals surface area contributed by atoms with Gasteiger partial charge < -0.3 is 4.74 Å². The first-order valence-corrected chi connectivity index (χ1v) is 6.94. The fraction of sp³-hybridized carbons (Fsp3) is 0.0769. The van der Waals surface area contributed by atoms with Crippen molar-refractivity contribution in [2.24, 2.45) is 0 Å². The molecule has 88 valence electrons. The van der Waals surface area contributed by atoms with Crippen LogP contribution in [-0.2, 0) is 6.61 Å². The second-order valence-electron chi connectivity index (χ2n) is 3.49. The molecule has 0 unspecified atom stereocenters. The van der Waals surface area contributed by atoms with Crippen LogP contribution in [0.1, 0.15) is 5.56 Å². The Morgan fingerprint density at radius 3 is 2.47 bits per heavy atom. The lowest BCUT2D eigenvalue weighted by Gasteiger charge is -2.08. The molecule has 0 atom stereocenters.